The normalized spacial score (nSPS) is 15.5. The maximum Gasteiger partial charge on any atom is 0.155 e. The molecule has 4 nitrogen and oxygen atoms in total. The smallest absolute Gasteiger partial charge is 0.155 e. The number of fused-ring (bicyclic) bond motifs is 1. The zero-order valence-electron chi connectivity index (χ0n) is 9.68. The van der Waals surface area contributed by atoms with E-state index in [4.69, 9.17) is 0 Å². The van der Waals surface area contributed by atoms with Crippen LogP contribution in [0.1, 0.15) is 17.5 Å². The lowest BCUT2D eigenvalue weighted by Crippen LogP contribution is -2.20. The summed E-state index contributed by atoms with van der Waals surface area (Å²) in [7, 11) is 0. The van der Waals surface area contributed by atoms with Crippen LogP contribution in [0, 0.1) is 6.92 Å². The minimum absolute atomic E-state index is 0. The van der Waals surface area contributed by atoms with Crippen molar-refractivity contribution in [1.82, 2.24) is 19.9 Å². The number of nitrogens with zero attached hydrogens (tertiary/aromatic N) is 3. The monoisotopic (exact) mass is 250 g/mol. The maximum atomic E-state index is 4.19. The molecule has 0 saturated carbocycles. The van der Waals surface area contributed by atoms with Gasteiger partial charge in [-0.3, -0.25) is 0 Å². The van der Waals surface area contributed by atoms with E-state index in [1.807, 2.05) is 4.52 Å². The lowest BCUT2D eigenvalue weighted by atomic mass is 9.98. The Morgan fingerprint density at radius 3 is 3.06 bits per heavy atom. The van der Waals surface area contributed by atoms with Crippen LogP contribution in [0.25, 0.3) is 11.2 Å². The molecule has 5 heteroatoms. The summed E-state index contributed by atoms with van der Waals surface area (Å²) in [5.41, 5.74) is 4.89. The van der Waals surface area contributed by atoms with E-state index in [0.717, 1.165) is 25.2 Å². The van der Waals surface area contributed by atoms with Gasteiger partial charge in [0.1, 0.15) is 6.33 Å². The summed E-state index contributed by atoms with van der Waals surface area (Å²) in [6, 6.07) is 2.09. The zero-order chi connectivity index (χ0) is 11.0. The maximum absolute atomic E-state index is 4.19. The first-order valence-corrected chi connectivity index (χ1v) is 5.55. The van der Waals surface area contributed by atoms with E-state index >= 15 is 0 Å². The largest absolute Gasteiger partial charge is 0.313 e. The van der Waals surface area contributed by atoms with Gasteiger partial charge in [0.15, 0.2) is 5.65 Å². The molecule has 1 aliphatic heterocycles. The Morgan fingerprint density at radius 1 is 1.41 bits per heavy atom. The lowest BCUT2D eigenvalue weighted by Gasteiger charge is -2.16. The van der Waals surface area contributed by atoms with Crippen molar-refractivity contribution in [1.29, 1.82) is 0 Å². The van der Waals surface area contributed by atoms with Gasteiger partial charge in [-0.05, 0) is 42.7 Å². The fourth-order valence-electron chi connectivity index (χ4n) is 2.16. The first-order chi connectivity index (χ1) is 7.84. The van der Waals surface area contributed by atoms with Crippen LogP contribution in [0.4, 0.5) is 0 Å². The first kappa shape index (κ1) is 12.1. The second kappa shape index (κ2) is 4.85. The number of halogens is 1. The molecular weight excluding hydrogens is 236 g/mol. The van der Waals surface area contributed by atoms with Gasteiger partial charge < -0.3 is 5.32 Å². The van der Waals surface area contributed by atoms with Crippen molar-refractivity contribution in [2.75, 3.05) is 13.1 Å². The molecule has 0 spiro atoms. The summed E-state index contributed by atoms with van der Waals surface area (Å²) < 4.78 is 1.84. The van der Waals surface area contributed by atoms with Gasteiger partial charge in [0.2, 0.25) is 0 Å². The van der Waals surface area contributed by atoms with Crippen molar-refractivity contribution in [3.8, 4) is 0 Å². The average Bonchev–Trinajstić information content (AvgIpc) is 2.76. The topological polar surface area (TPSA) is 42.2 Å². The van der Waals surface area contributed by atoms with Crippen molar-refractivity contribution in [3.63, 3.8) is 0 Å². The lowest BCUT2D eigenvalue weighted by molar-refractivity contribution is 0.737. The molecular formula is C12H15ClN4. The molecule has 2 aromatic rings. The Hall–Kier alpha value is -1.39. The standard InChI is InChI=1S/C12H14N4.ClH/c1-9-6-12-14-8-15-16(12)7-11(9)10-2-4-13-5-3-10;/h2,6-8,13H,3-5H2,1H3;1H. The third kappa shape index (κ3) is 2.18. The minimum Gasteiger partial charge on any atom is -0.313 e. The number of hydrogen-bond acceptors (Lipinski definition) is 3. The number of nitrogens with one attached hydrogen (secondary N) is 1. The number of aryl methyl sites for hydroxylation is 1. The molecule has 0 saturated heterocycles. The summed E-state index contributed by atoms with van der Waals surface area (Å²) in [6.07, 6.45) is 7.01. The van der Waals surface area contributed by atoms with E-state index < -0.39 is 0 Å². The summed E-state index contributed by atoms with van der Waals surface area (Å²) >= 11 is 0. The van der Waals surface area contributed by atoms with E-state index in [9.17, 15) is 0 Å². The molecule has 17 heavy (non-hydrogen) atoms. The number of hydrogen-bond donors (Lipinski definition) is 1. The Morgan fingerprint density at radius 2 is 2.29 bits per heavy atom. The Kier molecular flexibility index (Phi) is 3.45. The molecule has 0 fully saturated rings. The third-order valence-corrected chi connectivity index (χ3v) is 3.03. The molecule has 0 amide bonds. The van der Waals surface area contributed by atoms with Gasteiger partial charge in [-0.15, -0.1) is 12.4 Å². The molecule has 2 aromatic heterocycles. The number of aromatic nitrogens is 3. The molecule has 0 aromatic carbocycles. The highest BCUT2D eigenvalue weighted by Crippen LogP contribution is 2.23. The van der Waals surface area contributed by atoms with Crippen LogP contribution in [0.15, 0.2) is 24.7 Å². The molecule has 3 heterocycles. The Bertz CT molecular complexity index is 559. The SMILES string of the molecule is Cc1cc2ncnn2cc1C1=CCNCC1.Cl. The number of rotatable bonds is 1. The van der Waals surface area contributed by atoms with Crippen LogP contribution in [0.3, 0.4) is 0 Å². The highest BCUT2D eigenvalue weighted by Gasteiger charge is 2.10. The highest BCUT2D eigenvalue weighted by molar-refractivity contribution is 5.85. The predicted octanol–water partition coefficient (Wildman–Crippen LogP) is 1.84. The van der Waals surface area contributed by atoms with E-state index in [1.54, 1.807) is 6.33 Å². The van der Waals surface area contributed by atoms with Crippen LogP contribution in [0.2, 0.25) is 0 Å². The molecule has 0 aliphatic carbocycles. The molecule has 1 N–H and O–H groups in total. The molecule has 0 atom stereocenters. The fourth-order valence-corrected chi connectivity index (χ4v) is 2.16. The van der Waals surface area contributed by atoms with Crippen LogP contribution >= 0.6 is 12.4 Å². The number of pyridine rings is 1. The minimum atomic E-state index is 0. The summed E-state index contributed by atoms with van der Waals surface area (Å²) in [5, 5.41) is 7.50. The second-order valence-corrected chi connectivity index (χ2v) is 4.12. The van der Waals surface area contributed by atoms with E-state index in [0.29, 0.717) is 0 Å². The van der Waals surface area contributed by atoms with Crippen LogP contribution in [0.5, 0.6) is 0 Å². The Balaban J connectivity index is 0.00000108. The van der Waals surface area contributed by atoms with Crippen molar-refractivity contribution in [3.05, 3.63) is 35.8 Å². The summed E-state index contributed by atoms with van der Waals surface area (Å²) in [6.45, 7) is 4.15. The third-order valence-electron chi connectivity index (χ3n) is 3.03. The second-order valence-electron chi connectivity index (χ2n) is 4.12. The molecule has 1 aliphatic rings. The van der Waals surface area contributed by atoms with Gasteiger partial charge >= 0.3 is 0 Å². The summed E-state index contributed by atoms with van der Waals surface area (Å²) in [5.74, 6) is 0. The van der Waals surface area contributed by atoms with Crippen molar-refractivity contribution >= 4 is 23.6 Å². The van der Waals surface area contributed by atoms with E-state index in [2.05, 4.69) is 40.7 Å². The predicted molar refractivity (Wildman–Crippen MR) is 70.4 cm³/mol. The quantitative estimate of drug-likeness (QED) is 0.840. The van der Waals surface area contributed by atoms with E-state index in [1.165, 1.54) is 16.7 Å². The van der Waals surface area contributed by atoms with Gasteiger partial charge in [-0.2, -0.15) is 5.10 Å². The first-order valence-electron chi connectivity index (χ1n) is 5.55. The zero-order valence-corrected chi connectivity index (χ0v) is 10.5. The molecule has 3 rings (SSSR count). The highest BCUT2D eigenvalue weighted by atomic mass is 35.5. The van der Waals surface area contributed by atoms with Gasteiger partial charge in [0.05, 0.1) is 0 Å². The average molecular weight is 251 g/mol. The van der Waals surface area contributed by atoms with Gasteiger partial charge in [0, 0.05) is 12.7 Å². The van der Waals surface area contributed by atoms with Crippen molar-refractivity contribution < 1.29 is 0 Å². The molecule has 0 unspecified atom stereocenters. The summed E-state index contributed by atoms with van der Waals surface area (Å²) in [4.78, 5) is 4.19. The molecule has 90 valence electrons. The van der Waals surface area contributed by atoms with Gasteiger partial charge in [-0.1, -0.05) is 6.08 Å². The van der Waals surface area contributed by atoms with Crippen LogP contribution in [-0.2, 0) is 0 Å². The van der Waals surface area contributed by atoms with Crippen LogP contribution in [-0.4, -0.2) is 27.7 Å². The molecule has 0 bridgehead atoms. The van der Waals surface area contributed by atoms with Gasteiger partial charge in [-0.25, -0.2) is 9.50 Å². The fraction of sp³-hybridized carbons (Fsp3) is 0.333. The molecule has 0 radical (unpaired) electrons. The van der Waals surface area contributed by atoms with Crippen molar-refractivity contribution in [2.45, 2.75) is 13.3 Å². The van der Waals surface area contributed by atoms with Crippen LogP contribution < -0.4 is 5.32 Å². The van der Waals surface area contributed by atoms with Crippen molar-refractivity contribution in [2.24, 2.45) is 0 Å². The Labute approximate surface area is 106 Å². The van der Waals surface area contributed by atoms with E-state index in [-0.39, 0.29) is 12.4 Å². The van der Waals surface area contributed by atoms with Gasteiger partial charge in [0.25, 0.3) is 0 Å².